The van der Waals surface area contributed by atoms with Crippen LogP contribution >= 0.6 is 24.0 Å². The van der Waals surface area contributed by atoms with E-state index in [1.165, 1.54) is 19.3 Å². The Balaban J connectivity index is 0.00000420. The molecule has 29 heavy (non-hydrogen) atoms. The van der Waals surface area contributed by atoms with Crippen LogP contribution in [-0.2, 0) is 16.0 Å². The number of hydrogen-bond acceptors (Lipinski definition) is 5. The first-order valence-electron chi connectivity index (χ1n) is 10.5. The SMILES string of the molecule is CCNC(=NCc1ccc(OC2CCCCC2)nc1)NCCCOCCOC.I. The van der Waals surface area contributed by atoms with Crippen molar-refractivity contribution in [2.45, 2.75) is 58.1 Å². The second-order valence-electron chi connectivity index (χ2n) is 6.96. The van der Waals surface area contributed by atoms with Crippen molar-refractivity contribution in [1.29, 1.82) is 0 Å². The molecule has 8 heteroatoms. The van der Waals surface area contributed by atoms with Crippen LogP contribution in [0.3, 0.4) is 0 Å². The smallest absolute Gasteiger partial charge is 0.213 e. The van der Waals surface area contributed by atoms with Crippen molar-refractivity contribution >= 4 is 29.9 Å². The van der Waals surface area contributed by atoms with Gasteiger partial charge in [-0.3, -0.25) is 0 Å². The summed E-state index contributed by atoms with van der Waals surface area (Å²) >= 11 is 0. The summed E-state index contributed by atoms with van der Waals surface area (Å²) in [7, 11) is 1.68. The first kappa shape index (κ1) is 25.9. The molecule has 166 valence electrons. The molecule has 1 heterocycles. The van der Waals surface area contributed by atoms with E-state index in [1.807, 2.05) is 18.3 Å². The molecular weight excluding hydrogens is 483 g/mol. The fraction of sp³-hybridized carbons (Fsp3) is 0.714. The van der Waals surface area contributed by atoms with Crippen LogP contribution < -0.4 is 15.4 Å². The summed E-state index contributed by atoms with van der Waals surface area (Å²) in [4.78, 5) is 9.08. The molecule has 0 spiro atoms. The van der Waals surface area contributed by atoms with Gasteiger partial charge in [0.2, 0.25) is 5.88 Å². The predicted octanol–water partition coefficient (Wildman–Crippen LogP) is 3.52. The number of pyridine rings is 1. The van der Waals surface area contributed by atoms with Crippen LogP contribution in [0.1, 0.15) is 51.0 Å². The van der Waals surface area contributed by atoms with E-state index in [9.17, 15) is 0 Å². The van der Waals surface area contributed by atoms with Gasteiger partial charge in [0.05, 0.1) is 19.8 Å². The van der Waals surface area contributed by atoms with Gasteiger partial charge in [0.1, 0.15) is 6.10 Å². The maximum absolute atomic E-state index is 5.98. The van der Waals surface area contributed by atoms with Crippen molar-refractivity contribution in [3.05, 3.63) is 23.9 Å². The van der Waals surface area contributed by atoms with Gasteiger partial charge in [0.15, 0.2) is 5.96 Å². The van der Waals surface area contributed by atoms with Crippen LogP contribution in [0.4, 0.5) is 0 Å². The van der Waals surface area contributed by atoms with Gasteiger partial charge in [-0.1, -0.05) is 12.5 Å². The average molecular weight is 520 g/mol. The van der Waals surface area contributed by atoms with Crippen LogP contribution in [0.2, 0.25) is 0 Å². The van der Waals surface area contributed by atoms with E-state index < -0.39 is 0 Å². The lowest BCUT2D eigenvalue weighted by Crippen LogP contribution is -2.38. The summed E-state index contributed by atoms with van der Waals surface area (Å²) in [6, 6.07) is 4.00. The summed E-state index contributed by atoms with van der Waals surface area (Å²) in [5.41, 5.74) is 1.07. The molecule has 1 aliphatic carbocycles. The lowest BCUT2D eigenvalue weighted by atomic mass is 9.98. The third-order valence-electron chi connectivity index (χ3n) is 4.59. The van der Waals surface area contributed by atoms with Gasteiger partial charge in [-0.05, 0) is 44.6 Å². The number of nitrogens with zero attached hydrogens (tertiary/aromatic N) is 2. The number of nitrogens with one attached hydrogen (secondary N) is 2. The fourth-order valence-corrected chi connectivity index (χ4v) is 3.07. The van der Waals surface area contributed by atoms with Crippen LogP contribution in [-0.4, -0.2) is 57.1 Å². The Hall–Kier alpha value is -1.13. The Morgan fingerprint density at radius 1 is 1.14 bits per heavy atom. The zero-order valence-electron chi connectivity index (χ0n) is 17.8. The van der Waals surface area contributed by atoms with Crippen molar-refractivity contribution in [3.63, 3.8) is 0 Å². The molecule has 0 amide bonds. The third kappa shape index (κ3) is 11.6. The molecule has 7 nitrogen and oxygen atoms in total. The standard InChI is InChI=1S/C21H36N4O3.HI/c1-3-22-21(23-12-7-13-27-15-14-26-2)25-17-18-10-11-20(24-16-18)28-19-8-5-4-6-9-19;/h10-11,16,19H,3-9,12-15,17H2,1-2H3,(H2,22,23,25);1H. The number of aliphatic imine (C=N–C) groups is 1. The van der Waals surface area contributed by atoms with Gasteiger partial charge < -0.3 is 24.8 Å². The maximum atomic E-state index is 5.98. The topological polar surface area (TPSA) is 77.0 Å². The number of methoxy groups -OCH3 is 1. The second kappa shape index (κ2) is 16.6. The van der Waals surface area contributed by atoms with Gasteiger partial charge >= 0.3 is 0 Å². The Morgan fingerprint density at radius 3 is 2.66 bits per heavy atom. The molecule has 1 aromatic heterocycles. The van der Waals surface area contributed by atoms with Crippen LogP contribution in [0.15, 0.2) is 23.3 Å². The van der Waals surface area contributed by atoms with E-state index in [1.54, 1.807) is 7.11 Å². The van der Waals surface area contributed by atoms with E-state index in [-0.39, 0.29) is 24.0 Å². The Kier molecular flexibility index (Phi) is 14.9. The summed E-state index contributed by atoms with van der Waals surface area (Å²) in [5, 5.41) is 6.59. The van der Waals surface area contributed by atoms with Gasteiger partial charge in [-0.2, -0.15) is 0 Å². The van der Waals surface area contributed by atoms with Crippen molar-refractivity contribution in [1.82, 2.24) is 15.6 Å². The quantitative estimate of drug-likeness (QED) is 0.190. The first-order chi connectivity index (χ1) is 13.8. The van der Waals surface area contributed by atoms with Crippen LogP contribution in [0.5, 0.6) is 5.88 Å². The number of rotatable bonds is 12. The zero-order valence-corrected chi connectivity index (χ0v) is 20.2. The van der Waals surface area contributed by atoms with Crippen molar-refractivity contribution < 1.29 is 14.2 Å². The highest BCUT2D eigenvalue weighted by Gasteiger charge is 2.15. The molecule has 0 aliphatic heterocycles. The minimum atomic E-state index is 0. The molecule has 1 aliphatic rings. The van der Waals surface area contributed by atoms with Crippen molar-refractivity contribution in [2.75, 3.05) is 40.0 Å². The third-order valence-corrected chi connectivity index (χ3v) is 4.59. The molecule has 2 N–H and O–H groups in total. The molecule has 0 unspecified atom stereocenters. The Morgan fingerprint density at radius 2 is 1.97 bits per heavy atom. The van der Waals surface area contributed by atoms with Gasteiger partial charge in [-0.25, -0.2) is 9.98 Å². The molecule has 1 saturated carbocycles. The lowest BCUT2D eigenvalue weighted by molar-refractivity contribution is 0.0698. The zero-order chi connectivity index (χ0) is 19.9. The largest absolute Gasteiger partial charge is 0.474 e. The number of aromatic nitrogens is 1. The number of ether oxygens (including phenoxy) is 3. The highest BCUT2D eigenvalue weighted by atomic mass is 127. The summed E-state index contributed by atoms with van der Waals surface area (Å²) < 4.78 is 16.4. The van der Waals surface area contributed by atoms with Gasteiger partial charge in [0.25, 0.3) is 0 Å². The summed E-state index contributed by atoms with van der Waals surface area (Å²) in [6.45, 7) is 6.25. The molecule has 0 aromatic carbocycles. The minimum Gasteiger partial charge on any atom is -0.474 e. The molecule has 0 radical (unpaired) electrons. The van der Waals surface area contributed by atoms with Gasteiger partial charge in [0, 0.05) is 39.1 Å². The fourth-order valence-electron chi connectivity index (χ4n) is 3.07. The number of hydrogen-bond donors (Lipinski definition) is 2. The molecule has 2 rings (SSSR count). The molecule has 0 saturated heterocycles. The molecular formula is C21H37IN4O3. The highest BCUT2D eigenvalue weighted by molar-refractivity contribution is 14.0. The first-order valence-corrected chi connectivity index (χ1v) is 10.5. The van der Waals surface area contributed by atoms with Gasteiger partial charge in [-0.15, -0.1) is 24.0 Å². The predicted molar refractivity (Wildman–Crippen MR) is 127 cm³/mol. The van der Waals surface area contributed by atoms with Crippen LogP contribution in [0, 0.1) is 0 Å². The Labute approximate surface area is 192 Å². The molecule has 1 aromatic rings. The highest BCUT2D eigenvalue weighted by Crippen LogP contribution is 2.22. The molecule has 1 fully saturated rings. The van der Waals surface area contributed by atoms with E-state index in [4.69, 9.17) is 14.2 Å². The number of guanidine groups is 1. The monoisotopic (exact) mass is 520 g/mol. The van der Waals surface area contributed by atoms with E-state index in [2.05, 4.69) is 27.5 Å². The molecule has 0 atom stereocenters. The van der Waals surface area contributed by atoms with Crippen LogP contribution in [0.25, 0.3) is 0 Å². The van der Waals surface area contributed by atoms with Crippen molar-refractivity contribution in [3.8, 4) is 5.88 Å². The summed E-state index contributed by atoms with van der Waals surface area (Å²) in [5.74, 6) is 1.53. The normalized spacial score (nSPS) is 14.9. The maximum Gasteiger partial charge on any atom is 0.213 e. The number of halogens is 1. The average Bonchev–Trinajstić information content (AvgIpc) is 2.73. The summed E-state index contributed by atoms with van der Waals surface area (Å²) in [6.07, 6.45) is 9.23. The van der Waals surface area contributed by atoms with Crippen molar-refractivity contribution in [2.24, 2.45) is 4.99 Å². The second-order valence-corrected chi connectivity index (χ2v) is 6.96. The van der Waals surface area contributed by atoms with E-state index >= 15 is 0 Å². The lowest BCUT2D eigenvalue weighted by Gasteiger charge is -2.22. The minimum absolute atomic E-state index is 0. The van der Waals surface area contributed by atoms with E-state index in [0.29, 0.717) is 32.5 Å². The van der Waals surface area contributed by atoms with E-state index in [0.717, 1.165) is 49.8 Å². The Bertz CT molecular complexity index is 551. The molecule has 0 bridgehead atoms.